The zero-order valence-corrected chi connectivity index (χ0v) is 10.9. The van der Waals surface area contributed by atoms with E-state index in [0.717, 1.165) is 12.8 Å². The van der Waals surface area contributed by atoms with E-state index in [2.05, 4.69) is 5.16 Å². The summed E-state index contributed by atoms with van der Waals surface area (Å²) in [5, 5.41) is 10.9. The molecule has 1 heterocycles. The fourth-order valence-corrected chi connectivity index (χ4v) is 2.24. The van der Waals surface area contributed by atoms with Gasteiger partial charge in [0, 0.05) is 19.7 Å². The van der Waals surface area contributed by atoms with Crippen LogP contribution in [0.2, 0.25) is 0 Å². The first kappa shape index (κ1) is 16.0. The number of nitrogens with two attached hydrogens (primary N) is 1. The maximum absolute atomic E-state index is 12.8. The molecule has 112 valence electrons. The number of piperidine rings is 1. The average Bonchev–Trinajstić information content (AvgIpc) is 2.34. The molecule has 1 aliphatic rings. The Morgan fingerprint density at radius 1 is 1.58 bits per heavy atom. The van der Waals surface area contributed by atoms with Gasteiger partial charge >= 0.3 is 6.18 Å². The quantitative estimate of drug-likeness (QED) is 0.346. The number of halogens is 3. The van der Waals surface area contributed by atoms with Gasteiger partial charge in [0.1, 0.15) is 5.92 Å². The van der Waals surface area contributed by atoms with Crippen LogP contribution in [0, 0.1) is 5.92 Å². The lowest BCUT2D eigenvalue weighted by Crippen LogP contribution is -2.48. The van der Waals surface area contributed by atoms with Crippen molar-refractivity contribution in [3.05, 3.63) is 0 Å². The van der Waals surface area contributed by atoms with Gasteiger partial charge in [-0.3, -0.25) is 4.90 Å². The Hall–Kier alpha value is -1.02. The molecule has 1 fully saturated rings. The molecule has 5 nitrogen and oxygen atoms in total. The van der Waals surface area contributed by atoms with Crippen molar-refractivity contribution in [3.63, 3.8) is 0 Å². The monoisotopic (exact) mass is 283 g/mol. The molecule has 3 N–H and O–H groups in total. The molecule has 2 atom stereocenters. The number of amidine groups is 1. The number of rotatable bonds is 5. The van der Waals surface area contributed by atoms with Crippen molar-refractivity contribution in [2.24, 2.45) is 16.8 Å². The smallest absolute Gasteiger partial charge is 0.400 e. The number of hydrogen-bond donors (Lipinski definition) is 2. The van der Waals surface area contributed by atoms with Crippen molar-refractivity contribution in [1.82, 2.24) is 4.90 Å². The van der Waals surface area contributed by atoms with Crippen molar-refractivity contribution in [3.8, 4) is 0 Å². The normalized spacial score (nSPS) is 24.4. The molecular formula is C11H20F3N3O2. The second-order valence-corrected chi connectivity index (χ2v) is 4.60. The molecular weight excluding hydrogens is 263 g/mol. The molecule has 19 heavy (non-hydrogen) atoms. The van der Waals surface area contributed by atoms with Gasteiger partial charge in [0.15, 0.2) is 5.84 Å². The van der Waals surface area contributed by atoms with Crippen molar-refractivity contribution < 1.29 is 23.1 Å². The minimum Gasteiger partial charge on any atom is -0.409 e. The van der Waals surface area contributed by atoms with Crippen molar-refractivity contribution in [1.29, 1.82) is 0 Å². The number of nitrogens with zero attached hydrogens (tertiary/aromatic N) is 2. The SMILES string of the molecule is CCOC1CCCN(CC(C(N)=NO)C(F)(F)F)C1. The summed E-state index contributed by atoms with van der Waals surface area (Å²) in [4.78, 5) is 1.65. The van der Waals surface area contributed by atoms with Gasteiger partial charge in [-0.15, -0.1) is 0 Å². The second kappa shape index (κ2) is 6.95. The van der Waals surface area contributed by atoms with E-state index < -0.39 is 17.9 Å². The van der Waals surface area contributed by atoms with E-state index in [9.17, 15) is 13.2 Å². The maximum atomic E-state index is 12.8. The van der Waals surface area contributed by atoms with Gasteiger partial charge in [0.2, 0.25) is 0 Å². The minimum absolute atomic E-state index is 0.0417. The summed E-state index contributed by atoms with van der Waals surface area (Å²) in [7, 11) is 0. The second-order valence-electron chi connectivity index (χ2n) is 4.60. The number of likely N-dealkylation sites (tertiary alicyclic amines) is 1. The Kier molecular flexibility index (Phi) is 5.86. The Morgan fingerprint density at radius 2 is 2.26 bits per heavy atom. The molecule has 0 amide bonds. The summed E-state index contributed by atoms with van der Waals surface area (Å²) >= 11 is 0. The van der Waals surface area contributed by atoms with Gasteiger partial charge in [-0.05, 0) is 26.3 Å². The third kappa shape index (κ3) is 4.87. The highest BCUT2D eigenvalue weighted by Gasteiger charge is 2.44. The molecule has 0 radical (unpaired) electrons. The van der Waals surface area contributed by atoms with Gasteiger partial charge in [0.25, 0.3) is 0 Å². The van der Waals surface area contributed by atoms with Crippen molar-refractivity contribution >= 4 is 5.84 Å². The van der Waals surface area contributed by atoms with Crippen LogP contribution < -0.4 is 5.73 Å². The van der Waals surface area contributed by atoms with E-state index in [0.29, 0.717) is 19.7 Å². The van der Waals surface area contributed by atoms with Crippen LogP contribution in [0.1, 0.15) is 19.8 Å². The zero-order chi connectivity index (χ0) is 14.5. The van der Waals surface area contributed by atoms with Gasteiger partial charge in [-0.1, -0.05) is 5.16 Å². The largest absolute Gasteiger partial charge is 0.409 e. The number of ether oxygens (including phenoxy) is 1. The summed E-state index contributed by atoms with van der Waals surface area (Å²) in [5.74, 6) is -2.75. The Balaban J connectivity index is 2.64. The molecule has 8 heteroatoms. The highest BCUT2D eigenvalue weighted by atomic mass is 19.4. The topological polar surface area (TPSA) is 71.1 Å². The highest BCUT2D eigenvalue weighted by molar-refractivity contribution is 5.83. The van der Waals surface area contributed by atoms with Gasteiger partial charge in [0.05, 0.1) is 6.10 Å². The predicted molar refractivity (Wildman–Crippen MR) is 64.0 cm³/mol. The Labute approximate surface area is 110 Å². The molecule has 0 saturated carbocycles. The molecule has 1 aliphatic heterocycles. The van der Waals surface area contributed by atoms with Gasteiger partial charge in [-0.2, -0.15) is 13.2 Å². The molecule has 1 rings (SSSR count). The zero-order valence-electron chi connectivity index (χ0n) is 10.9. The first-order valence-corrected chi connectivity index (χ1v) is 6.26. The maximum Gasteiger partial charge on any atom is 0.400 e. The first-order valence-electron chi connectivity index (χ1n) is 6.26. The molecule has 0 aromatic rings. The van der Waals surface area contributed by atoms with Crippen LogP contribution in [0.5, 0.6) is 0 Å². The fraction of sp³-hybridized carbons (Fsp3) is 0.909. The minimum atomic E-state index is -4.52. The first-order chi connectivity index (χ1) is 8.88. The third-order valence-electron chi connectivity index (χ3n) is 3.17. The molecule has 0 aromatic carbocycles. The Morgan fingerprint density at radius 3 is 2.79 bits per heavy atom. The number of hydrogen-bond acceptors (Lipinski definition) is 4. The van der Waals surface area contributed by atoms with Crippen LogP contribution in [0.3, 0.4) is 0 Å². The van der Waals surface area contributed by atoms with Crippen LogP contribution in [0.4, 0.5) is 13.2 Å². The molecule has 0 aromatic heterocycles. The van der Waals surface area contributed by atoms with Crippen LogP contribution in [0.15, 0.2) is 5.16 Å². The lowest BCUT2D eigenvalue weighted by molar-refractivity contribution is -0.162. The van der Waals surface area contributed by atoms with E-state index in [4.69, 9.17) is 15.7 Å². The number of oxime groups is 1. The predicted octanol–water partition coefficient (Wildman–Crippen LogP) is 1.41. The summed E-state index contributed by atoms with van der Waals surface area (Å²) in [6, 6.07) is 0. The summed E-state index contributed by atoms with van der Waals surface area (Å²) in [6.45, 7) is 3.10. The summed E-state index contributed by atoms with van der Waals surface area (Å²) in [5.41, 5.74) is 5.14. The summed E-state index contributed by atoms with van der Waals surface area (Å²) < 4.78 is 43.9. The molecule has 1 saturated heterocycles. The third-order valence-corrected chi connectivity index (χ3v) is 3.17. The average molecular weight is 283 g/mol. The van der Waals surface area contributed by atoms with Crippen molar-refractivity contribution in [2.45, 2.75) is 32.0 Å². The fourth-order valence-electron chi connectivity index (χ4n) is 2.24. The van der Waals surface area contributed by atoms with Gasteiger partial charge in [-0.25, -0.2) is 0 Å². The van der Waals surface area contributed by atoms with E-state index in [1.807, 2.05) is 6.92 Å². The number of alkyl halides is 3. The van der Waals surface area contributed by atoms with Crippen molar-refractivity contribution in [2.75, 3.05) is 26.2 Å². The van der Waals surface area contributed by atoms with E-state index in [-0.39, 0.29) is 12.6 Å². The molecule has 0 bridgehead atoms. The summed E-state index contributed by atoms with van der Waals surface area (Å²) in [6.07, 6.45) is -2.93. The lowest BCUT2D eigenvalue weighted by Gasteiger charge is -2.34. The highest BCUT2D eigenvalue weighted by Crippen LogP contribution is 2.28. The van der Waals surface area contributed by atoms with Crippen LogP contribution in [-0.2, 0) is 4.74 Å². The Bertz CT molecular complexity index is 308. The van der Waals surface area contributed by atoms with Crippen LogP contribution in [0.25, 0.3) is 0 Å². The van der Waals surface area contributed by atoms with Crippen LogP contribution >= 0.6 is 0 Å². The molecule has 2 unspecified atom stereocenters. The molecule has 0 spiro atoms. The van der Waals surface area contributed by atoms with Crippen LogP contribution in [-0.4, -0.2) is 54.5 Å². The van der Waals surface area contributed by atoms with Gasteiger partial charge < -0.3 is 15.7 Å². The lowest BCUT2D eigenvalue weighted by atomic mass is 10.0. The van der Waals surface area contributed by atoms with E-state index in [1.54, 1.807) is 4.90 Å². The van der Waals surface area contributed by atoms with E-state index >= 15 is 0 Å². The standard InChI is InChI=1S/C11H20F3N3O2/c1-2-19-8-4-3-5-17(6-8)7-9(10(15)16-18)11(12,13)14/h8-9,18H,2-7H2,1H3,(H2,15,16). The molecule has 0 aliphatic carbocycles. The van der Waals surface area contributed by atoms with E-state index in [1.165, 1.54) is 0 Å².